The lowest BCUT2D eigenvalue weighted by molar-refractivity contribution is -0.151. The van der Waals surface area contributed by atoms with Gasteiger partial charge in [0.1, 0.15) is 5.60 Å². The fraction of sp³-hybridized carbons (Fsp3) is 0.677. The van der Waals surface area contributed by atoms with Crippen LogP contribution in [0.2, 0.25) is 0 Å². The van der Waals surface area contributed by atoms with Crippen molar-refractivity contribution in [3.05, 3.63) is 45.5 Å². The summed E-state index contributed by atoms with van der Waals surface area (Å²) in [5.74, 6) is 1.18. The molecule has 1 atom stereocenters. The first-order chi connectivity index (χ1) is 16.6. The third-order valence-corrected chi connectivity index (χ3v) is 9.45. The van der Waals surface area contributed by atoms with Gasteiger partial charge < -0.3 is 9.47 Å². The first-order valence-corrected chi connectivity index (χ1v) is 13.8. The van der Waals surface area contributed by atoms with Crippen LogP contribution in [0.5, 0.6) is 0 Å². The van der Waals surface area contributed by atoms with Crippen LogP contribution in [0.4, 0.5) is 0 Å². The van der Waals surface area contributed by atoms with Crippen LogP contribution in [0.3, 0.4) is 0 Å². The lowest BCUT2D eigenvalue weighted by atomic mass is 9.67. The van der Waals surface area contributed by atoms with E-state index in [1.807, 2.05) is 6.92 Å². The highest BCUT2D eigenvalue weighted by Crippen LogP contribution is 2.49. The second kappa shape index (κ2) is 9.18. The molecule has 190 valence electrons. The number of aryl methyl sites for hydroxylation is 1. The summed E-state index contributed by atoms with van der Waals surface area (Å²) in [4.78, 5) is 26.9. The number of carbonyl (C=O) groups excluding carboxylic acids is 2. The van der Waals surface area contributed by atoms with Crippen molar-refractivity contribution in [1.29, 1.82) is 0 Å². The fourth-order valence-electron chi connectivity index (χ4n) is 7.25. The Labute approximate surface area is 210 Å². The van der Waals surface area contributed by atoms with Gasteiger partial charge >= 0.3 is 5.97 Å². The molecule has 2 aliphatic carbocycles. The first-order valence-electron chi connectivity index (χ1n) is 13.8. The van der Waals surface area contributed by atoms with Crippen LogP contribution in [0.15, 0.2) is 23.3 Å². The molecular formula is C31H42O4. The predicted octanol–water partition coefficient (Wildman–Crippen LogP) is 6.20. The summed E-state index contributed by atoms with van der Waals surface area (Å²) in [7, 11) is 0. The number of rotatable bonds is 3. The second-order valence-electron chi connectivity index (χ2n) is 12.7. The summed E-state index contributed by atoms with van der Waals surface area (Å²) in [6, 6.07) is 4.65. The molecule has 1 unspecified atom stereocenters. The van der Waals surface area contributed by atoms with Gasteiger partial charge in [-0.25, -0.2) is 4.79 Å². The molecule has 2 aliphatic heterocycles. The van der Waals surface area contributed by atoms with Gasteiger partial charge in [0.15, 0.2) is 5.78 Å². The highest BCUT2D eigenvalue weighted by molar-refractivity contribution is 6.09. The molecule has 2 heterocycles. The van der Waals surface area contributed by atoms with Crippen molar-refractivity contribution in [2.75, 3.05) is 13.2 Å². The van der Waals surface area contributed by atoms with Crippen molar-refractivity contribution in [1.82, 2.24) is 0 Å². The standard InChI is InChI=1S/C31H42O4/c1-19-16-25(30(3,4)5)18-24-17-23(6-7-26(19)24)28(32)27-20(2)29(33)35-31(27)12-8-21(9-13-31)22-10-14-34-15-11-22/h16,18,21-23H,6-15,17H2,1-5H3. The van der Waals surface area contributed by atoms with E-state index in [1.165, 1.54) is 22.3 Å². The molecular weight excluding hydrogens is 436 g/mol. The zero-order valence-electron chi connectivity index (χ0n) is 22.3. The van der Waals surface area contributed by atoms with E-state index in [2.05, 4.69) is 39.8 Å². The molecule has 0 amide bonds. The number of Topliss-reactive ketones (excluding diaryl/α,β-unsaturated/α-hetero) is 1. The molecule has 1 aromatic carbocycles. The molecule has 0 N–H and O–H groups in total. The summed E-state index contributed by atoms with van der Waals surface area (Å²) in [5, 5.41) is 0. The summed E-state index contributed by atoms with van der Waals surface area (Å²) in [6.07, 6.45) is 8.46. The Morgan fingerprint density at radius 2 is 1.63 bits per heavy atom. The van der Waals surface area contributed by atoms with Gasteiger partial charge in [0, 0.05) is 30.3 Å². The largest absolute Gasteiger partial charge is 0.451 e. The van der Waals surface area contributed by atoms with Gasteiger partial charge in [-0.05, 0) is 111 Å². The van der Waals surface area contributed by atoms with Gasteiger partial charge in [-0.2, -0.15) is 0 Å². The second-order valence-corrected chi connectivity index (χ2v) is 12.7. The molecule has 0 radical (unpaired) electrons. The average molecular weight is 479 g/mol. The van der Waals surface area contributed by atoms with Crippen LogP contribution >= 0.6 is 0 Å². The minimum absolute atomic E-state index is 0.0679. The molecule has 0 bridgehead atoms. The smallest absolute Gasteiger partial charge is 0.335 e. The molecule has 2 fully saturated rings. The Bertz CT molecular complexity index is 1040. The third kappa shape index (κ3) is 4.52. The van der Waals surface area contributed by atoms with E-state index in [-0.39, 0.29) is 23.1 Å². The van der Waals surface area contributed by atoms with E-state index in [1.54, 1.807) is 0 Å². The monoisotopic (exact) mass is 478 g/mol. The van der Waals surface area contributed by atoms with Crippen molar-refractivity contribution < 1.29 is 19.1 Å². The van der Waals surface area contributed by atoms with Crippen LogP contribution < -0.4 is 0 Å². The molecule has 1 aromatic rings. The number of carbonyl (C=O) groups is 2. The maximum Gasteiger partial charge on any atom is 0.335 e. The van der Waals surface area contributed by atoms with Crippen LogP contribution in [0.1, 0.15) is 94.9 Å². The van der Waals surface area contributed by atoms with E-state index >= 15 is 0 Å². The lowest BCUT2D eigenvalue weighted by Crippen LogP contribution is -2.42. The first kappa shape index (κ1) is 24.7. The minimum atomic E-state index is -0.691. The molecule has 4 aliphatic rings. The summed E-state index contributed by atoms with van der Waals surface area (Å²) in [6.45, 7) is 12.5. The lowest BCUT2D eigenvalue weighted by Gasteiger charge is -2.41. The van der Waals surface area contributed by atoms with E-state index in [0.717, 1.165) is 71.0 Å². The van der Waals surface area contributed by atoms with Crippen molar-refractivity contribution in [3.8, 4) is 0 Å². The Morgan fingerprint density at radius 1 is 0.971 bits per heavy atom. The Balaban J connectivity index is 1.37. The Morgan fingerprint density at radius 3 is 2.29 bits per heavy atom. The molecule has 5 rings (SSSR count). The van der Waals surface area contributed by atoms with E-state index in [9.17, 15) is 9.59 Å². The molecule has 1 spiro atoms. The zero-order valence-corrected chi connectivity index (χ0v) is 22.3. The van der Waals surface area contributed by atoms with Crippen molar-refractivity contribution >= 4 is 11.8 Å². The van der Waals surface area contributed by atoms with Crippen LogP contribution in [0.25, 0.3) is 0 Å². The van der Waals surface area contributed by atoms with Gasteiger partial charge in [0.05, 0.1) is 0 Å². The van der Waals surface area contributed by atoms with Gasteiger partial charge in [-0.15, -0.1) is 0 Å². The highest BCUT2D eigenvalue weighted by Gasteiger charge is 2.52. The molecule has 0 aromatic heterocycles. The Hall–Kier alpha value is -1.94. The van der Waals surface area contributed by atoms with Crippen LogP contribution in [0, 0.1) is 24.7 Å². The maximum absolute atomic E-state index is 14.1. The average Bonchev–Trinajstić information content (AvgIpc) is 3.07. The summed E-state index contributed by atoms with van der Waals surface area (Å²) >= 11 is 0. The van der Waals surface area contributed by atoms with E-state index in [4.69, 9.17) is 9.47 Å². The van der Waals surface area contributed by atoms with Crippen LogP contribution in [-0.4, -0.2) is 30.6 Å². The molecule has 4 heteroatoms. The van der Waals surface area contributed by atoms with Crippen molar-refractivity contribution in [3.63, 3.8) is 0 Å². The molecule has 35 heavy (non-hydrogen) atoms. The number of fused-ring (bicyclic) bond motifs is 1. The van der Waals surface area contributed by atoms with Crippen molar-refractivity contribution in [2.24, 2.45) is 17.8 Å². The van der Waals surface area contributed by atoms with Crippen molar-refractivity contribution in [2.45, 2.75) is 103 Å². The number of hydrogen-bond acceptors (Lipinski definition) is 4. The fourth-order valence-corrected chi connectivity index (χ4v) is 7.25. The maximum atomic E-state index is 14.1. The highest BCUT2D eigenvalue weighted by atomic mass is 16.6. The third-order valence-electron chi connectivity index (χ3n) is 9.45. The quantitative estimate of drug-likeness (QED) is 0.486. The van der Waals surface area contributed by atoms with Crippen LogP contribution in [-0.2, 0) is 37.3 Å². The Kier molecular flexibility index (Phi) is 6.49. The zero-order chi connectivity index (χ0) is 25.0. The number of benzene rings is 1. The predicted molar refractivity (Wildman–Crippen MR) is 137 cm³/mol. The number of ether oxygens (including phenoxy) is 2. The minimum Gasteiger partial charge on any atom is -0.451 e. The SMILES string of the molecule is CC1=C(C(=O)C2CCc3c(C)cc(C(C)(C)C)cc3C2)C2(CCC(C3CCOCC3)CC2)OC1=O. The molecule has 4 nitrogen and oxygen atoms in total. The van der Waals surface area contributed by atoms with Gasteiger partial charge in [0.2, 0.25) is 0 Å². The molecule has 1 saturated carbocycles. The number of ketones is 1. The number of esters is 1. The summed E-state index contributed by atoms with van der Waals surface area (Å²) < 4.78 is 11.6. The van der Waals surface area contributed by atoms with E-state index in [0.29, 0.717) is 23.0 Å². The topological polar surface area (TPSA) is 52.6 Å². The molecule has 1 saturated heterocycles. The normalized spacial score (nSPS) is 29.9. The van der Waals surface area contributed by atoms with Gasteiger partial charge in [0.25, 0.3) is 0 Å². The van der Waals surface area contributed by atoms with Gasteiger partial charge in [-0.3, -0.25) is 4.79 Å². The number of hydrogen-bond donors (Lipinski definition) is 0. The summed E-state index contributed by atoms with van der Waals surface area (Å²) in [5.41, 5.74) is 6.07. The van der Waals surface area contributed by atoms with E-state index < -0.39 is 5.60 Å². The van der Waals surface area contributed by atoms with Gasteiger partial charge in [-0.1, -0.05) is 32.9 Å².